The monoisotopic (exact) mass is 253 g/mol. The van der Waals surface area contributed by atoms with Crippen LogP contribution in [0.4, 0.5) is 0 Å². The van der Waals surface area contributed by atoms with Crippen molar-refractivity contribution in [1.82, 2.24) is 15.5 Å². The van der Waals surface area contributed by atoms with Crippen LogP contribution in [-0.4, -0.2) is 49.6 Å². The molecule has 2 N–H and O–H groups in total. The molecule has 2 aliphatic heterocycles. The number of nitrogens with one attached hydrogen (secondary N) is 2. The Morgan fingerprint density at radius 3 is 2.94 bits per heavy atom. The summed E-state index contributed by atoms with van der Waals surface area (Å²) in [4.78, 5) is 14.6. The van der Waals surface area contributed by atoms with E-state index >= 15 is 0 Å². The van der Waals surface area contributed by atoms with E-state index in [1.807, 2.05) is 0 Å². The Labute approximate surface area is 110 Å². The van der Waals surface area contributed by atoms with Crippen molar-refractivity contribution < 1.29 is 4.79 Å². The van der Waals surface area contributed by atoms with Gasteiger partial charge in [-0.25, -0.2) is 0 Å². The van der Waals surface area contributed by atoms with Crippen LogP contribution in [0.15, 0.2) is 0 Å². The van der Waals surface area contributed by atoms with E-state index in [4.69, 9.17) is 0 Å². The molecule has 0 aromatic carbocycles. The number of carbonyl (C=O) groups is 1. The predicted molar refractivity (Wildman–Crippen MR) is 73.5 cm³/mol. The highest BCUT2D eigenvalue weighted by Gasteiger charge is 2.24. The molecule has 0 aliphatic carbocycles. The molecule has 0 aromatic heterocycles. The van der Waals surface area contributed by atoms with Crippen molar-refractivity contribution in [2.45, 2.75) is 45.1 Å². The molecule has 2 fully saturated rings. The van der Waals surface area contributed by atoms with E-state index in [1.165, 1.54) is 25.8 Å². The molecule has 2 saturated heterocycles. The first-order valence-electron chi connectivity index (χ1n) is 7.53. The van der Waals surface area contributed by atoms with Gasteiger partial charge in [-0.2, -0.15) is 0 Å². The fourth-order valence-corrected chi connectivity index (χ4v) is 3.15. The van der Waals surface area contributed by atoms with Crippen molar-refractivity contribution in [2.24, 2.45) is 5.92 Å². The number of hydrogen-bond donors (Lipinski definition) is 2. The van der Waals surface area contributed by atoms with Crippen LogP contribution in [0.2, 0.25) is 0 Å². The maximum absolute atomic E-state index is 12.1. The number of likely N-dealkylation sites (N-methyl/N-ethyl adjacent to an activating group) is 1. The summed E-state index contributed by atoms with van der Waals surface area (Å²) in [6.45, 7) is 7.27. The third-order valence-corrected chi connectivity index (χ3v) is 4.33. The second-order valence-corrected chi connectivity index (χ2v) is 5.57. The quantitative estimate of drug-likeness (QED) is 0.785. The fourth-order valence-electron chi connectivity index (χ4n) is 3.15. The van der Waals surface area contributed by atoms with Crippen LogP contribution in [0, 0.1) is 5.92 Å². The van der Waals surface area contributed by atoms with Gasteiger partial charge < -0.3 is 10.6 Å². The van der Waals surface area contributed by atoms with Gasteiger partial charge in [0.15, 0.2) is 0 Å². The average Bonchev–Trinajstić information content (AvgIpc) is 2.46. The van der Waals surface area contributed by atoms with Gasteiger partial charge in [0.25, 0.3) is 0 Å². The second-order valence-electron chi connectivity index (χ2n) is 5.57. The number of carbonyl (C=O) groups excluding carboxylic acids is 1. The summed E-state index contributed by atoms with van der Waals surface area (Å²) in [5.41, 5.74) is 0. The van der Waals surface area contributed by atoms with E-state index in [1.54, 1.807) is 0 Å². The number of piperidine rings is 2. The van der Waals surface area contributed by atoms with Crippen LogP contribution in [0.5, 0.6) is 0 Å². The van der Waals surface area contributed by atoms with Gasteiger partial charge in [-0.05, 0) is 45.3 Å². The van der Waals surface area contributed by atoms with E-state index in [0.717, 1.165) is 39.0 Å². The molecule has 2 unspecified atom stereocenters. The molecule has 0 spiro atoms. The Morgan fingerprint density at radius 1 is 1.33 bits per heavy atom. The lowest BCUT2D eigenvalue weighted by atomic mass is 9.98. The molecule has 1 amide bonds. The Balaban J connectivity index is 1.73. The van der Waals surface area contributed by atoms with Crippen molar-refractivity contribution in [3.8, 4) is 0 Å². The summed E-state index contributed by atoms with van der Waals surface area (Å²) in [6.07, 6.45) is 6.02. The summed E-state index contributed by atoms with van der Waals surface area (Å²) in [7, 11) is 0. The van der Waals surface area contributed by atoms with Crippen molar-refractivity contribution >= 4 is 5.91 Å². The minimum absolute atomic E-state index is 0.192. The Bertz CT molecular complexity index is 264. The summed E-state index contributed by atoms with van der Waals surface area (Å²) in [5, 5.41) is 6.47. The molecule has 104 valence electrons. The topological polar surface area (TPSA) is 44.4 Å². The maximum atomic E-state index is 12.1. The minimum Gasteiger partial charge on any atom is -0.354 e. The number of nitrogens with zero attached hydrogens (tertiary/aromatic N) is 1. The fraction of sp³-hybridized carbons (Fsp3) is 0.929. The van der Waals surface area contributed by atoms with E-state index in [2.05, 4.69) is 22.5 Å². The van der Waals surface area contributed by atoms with Crippen molar-refractivity contribution in [3.05, 3.63) is 0 Å². The van der Waals surface area contributed by atoms with Gasteiger partial charge in [0, 0.05) is 19.1 Å². The molecule has 4 heteroatoms. The standard InChI is InChI=1S/C14H27N3O/c1-2-17-9-4-3-7-13(17)11-16-14(18)12-6-5-8-15-10-12/h12-13,15H,2-11H2,1H3,(H,16,18). The normalized spacial score (nSPS) is 30.1. The lowest BCUT2D eigenvalue weighted by Gasteiger charge is -2.35. The van der Waals surface area contributed by atoms with Gasteiger partial charge in [0.2, 0.25) is 5.91 Å². The first-order chi connectivity index (χ1) is 8.81. The highest BCUT2D eigenvalue weighted by atomic mass is 16.1. The lowest BCUT2D eigenvalue weighted by molar-refractivity contribution is -0.125. The highest BCUT2D eigenvalue weighted by molar-refractivity contribution is 5.79. The average molecular weight is 253 g/mol. The smallest absolute Gasteiger partial charge is 0.224 e. The molecule has 0 saturated carbocycles. The zero-order valence-corrected chi connectivity index (χ0v) is 11.6. The van der Waals surface area contributed by atoms with E-state index < -0.39 is 0 Å². The summed E-state index contributed by atoms with van der Waals surface area (Å²) in [6, 6.07) is 0.559. The maximum Gasteiger partial charge on any atom is 0.224 e. The first kappa shape index (κ1) is 13.8. The van der Waals surface area contributed by atoms with Gasteiger partial charge in [-0.1, -0.05) is 13.3 Å². The van der Waals surface area contributed by atoms with Crippen LogP contribution in [-0.2, 0) is 4.79 Å². The summed E-state index contributed by atoms with van der Waals surface area (Å²) in [5.74, 6) is 0.446. The largest absolute Gasteiger partial charge is 0.354 e. The highest BCUT2D eigenvalue weighted by Crippen LogP contribution is 2.16. The Hall–Kier alpha value is -0.610. The van der Waals surface area contributed by atoms with Crippen molar-refractivity contribution in [3.63, 3.8) is 0 Å². The third kappa shape index (κ3) is 3.69. The third-order valence-electron chi connectivity index (χ3n) is 4.33. The molecule has 2 rings (SSSR count). The molecule has 0 radical (unpaired) electrons. The molecule has 2 heterocycles. The van der Waals surface area contributed by atoms with Gasteiger partial charge in [-0.15, -0.1) is 0 Å². The number of hydrogen-bond acceptors (Lipinski definition) is 3. The zero-order chi connectivity index (χ0) is 12.8. The SMILES string of the molecule is CCN1CCCCC1CNC(=O)C1CCCNC1. The van der Waals surface area contributed by atoms with E-state index in [0.29, 0.717) is 6.04 Å². The number of amides is 1. The summed E-state index contributed by atoms with van der Waals surface area (Å²) >= 11 is 0. The number of likely N-dealkylation sites (tertiary alicyclic amines) is 1. The van der Waals surface area contributed by atoms with Crippen LogP contribution in [0.1, 0.15) is 39.0 Å². The van der Waals surface area contributed by atoms with E-state index in [-0.39, 0.29) is 11.8 Å². The predicted octanol–water partition coefficient (Wildman–Crippen LogP) is 0.977. The van der Waals surface area contributed by atoms with E-state index in [9.17, 15) is 4.79 Å². The van der Waals surface area contributed by atoms with Gasteiger partial charge in [0.05, 0.1) is 5.92 Å². The molecular weight excluding hydrogens is 226 g/mol. The zero-order valence-electron chi connectivity index (χ0n) is 11.6. The molecule has 18 heavy (non-hydrogen) atoms. The van der Waals surface area contributed by atoms with Gasteiger partial charge >= 0.3 is 0 Å². The van der Waals surface area contributed by atoms with Gasteiger partial charge in [-0.3, -0.25) is 9.69 Å². The van der Waals surface area contributed by atoms with Crippen LogP contribution >= 0.6 is 0 Å². The van der Waals surface area contributed by atoms with Crippen molar-refractivity contribution in [1.29, 1.82) is 0 Å². The van der Waals surface area contributed by atoms with Gasteiger partial charge in [0.1, 0.15) is 0 Å². The van der Waals surface area contributed by atoms with Crippen molar-refractivity contribution in [2.75, 3.05) is 32.7 Å². The Kier molecular flexibility index (Phi) is 5.45. The lowest BCUT2D eigenvalue weighted by Crippen LogP contribution is -2.48. The first-order valence-corrected chi connectivity index (χ1v) is 7.53. The van der Waals surface area contributed by atoms with Crippen LogP contribution in [0.3, 0.4) is 0 Å². The minimum atomic E-state index is 0.192. The molecule has 2 atom stereocenters. The van der Waals surface area contributed by atoms with Crippen LogP contribution < -0.4 is 10.6 Å². The molecule has 0 aromatic rings. The molecule has 0 bridgehead atoms. The van der Waals surface area contributed by atoms with Crippen LogP contribution in [0.25, 0.3) is 0 Å². The molecular formula is C14H27N3O. The number of rotatable bonds is 4. The summed E-state index contributed by atoms with van der Waals surface area (Å²) < 4.78 is 0. The second kappa shape index (κ2) is 7.10. The Morgan fingerprint density at radius 2 is 2.22 bits per heavy atom. The molecule has 4 nitrogen and oxygen atoms in total. The molecule has 2 aliphatic rings.